The van der Waals surface area contributed by atoms with E-state index in [0.29, 0.717) is 11.1 Å². The number of nitrogens with two attached hydrogens (primary N) is 3. The molecule has 0 unspecified atom stereocenters. The van der Waals surface area contributed by atoms with Crippen molar-refractivity contribution in [2.75, 3.05) is 6.54 Å². The van der Waals surface area contributed by atoms with Crippen molar-refractivity contribution in [3.63, 3.8) is 0 Å². The summed E-state index contributed by atoms with van der Waals surface area (Å²) in [5.74, 6) is -0.0383. The third-order valence-corrected chi connectivity index (χ3v) is 2.10. The fourth-order valence-corrected chi connectivity index (χ4v) is 1.11. The SMILES string of the molecule is C=N/C(CN)=N\N=C(/N)c1ccc(C(N)=O)cc1. The Kier molecular flexibility index (Phi) is 4.70. The van der Waals surface area contributed by atoms with Gasteiger partial charge in [-0.05, 0) is 18.9 Å². The largest absolute Gasteiger partial charge is 0.382 e. The highest BCUT2D eigenvalue weighted by Crippen LogP contribution is 2.03. The third-order valence-electron chi connectivity index (χ3n) is 2.10. The van der Waals surface area contributed by atoms with Crippen LogP contribution in [0.15, 0.2) is 39.5 Å². The maximum absolute atomic E-state index is 10.9. The van der Waals surface area contributed by atoms with E-state index in [2.05, 4.69) is 21.9 Å². The summed E-state index contributed by atoms with van der Waals surface area (Å²) >= 11 is 0. The summed E-state index contributed by atoms with van der Waals surface area (Å²) in [4.78, 5) is 14.4. The van der Waals surface area contributed by atoms with Crippen LogP contribution in [0, 0.1) is 0 Å². The molecule has 94 valence electrons. The van der Waals surface area contributed by atoms with Gasteiger partial charge in [-0.2, -0.15) is 0 Å². The predicted octanol–water partition coefficient (Wildman–Crippen LogP) is -0.536. The first-order valence-corrected chi connectivity index (χ1v) is 5.05. The van der Waals surface area contributed by atoms with Gasteiger partial charge in [-0.25, -0.2) is 4.99 Å². The van der Waals surface area contributed by atoms with Crippen molar-refractivity contribution >= 4 is 24.3 Å². The van der Waals surface area contributed by atoms with E-state index in [0.717, 1.165) is 0 Å². The Morgan fingerprint density at radius 1 is 1.11 bits per heavy atom. The lowest BCUT2D eigenvalue weighted by Crippen LogP contribution is -2.16. The minimum atomic E-state index is -0.503. The molecule has 1 rings (SSSR count). The van der Waals surface area contributed by atoms with Gasteiger partial charge in [0, 0.05) is 11.1 Å². The fraction of sp³-hybridized carbons (Fsp3) is 0.0909. The number of amidine groups is 2. The van der Waals surface area contributed by atoms with E-state index in [4.69, 9.17) is 17.2 Å². The molecule has 0 bridgehead atoms. The summed E-state index contributed by atoms with van der Waals surface area (Å²) in [6.07, 6.45) is 0. The molecule has 18 heavy (non-hydrogen) atoms. The second-order valence-electron chi connectivity index (χ2n) is 3.31. The number of nitrogens with zero attached hydrogens (tertiary/aromatic N) is 3. The zero-order valence-corrected chi connectivity index (χ0v) is 9.71. The highest BCUT2D eigenvalue weighted by atomic mass is 16.1. The third kappa shape index (κ3) is 3.49. The lowest BCUT2D eigenvalue weighted by atomic mass is 10.1. The summed E-state index contributed by atoms with van der Waals surface area (Å²) in [6.45, 7) is 3.42. The minimum Gasteiger partial charge on any atom is -0.382 e. The van der Waals surface area contributed by atoms with Crippen LogP contribution >= 0.6 is 0 Å². The maximum Gasteiger partial charge on any atom is 0.248 e. The molecule has 0 heterocycles. The van der Waals surface area contributed by atoms with Crippen LogP contribution in [0.3, 0.4) is 0 Å². The number of aliphatic imine (C=N–C) groups is 1. The van der Waals surface area contributed by atoms with Crippen LogP contribution < -0.4 is 17.2 Å². The van der Waals surface area contributed by atoms with E-state index in [1.165, 1.54) is 0 Å². The number of benzene rings is 1. The molecule has 0 radical (unpaired) electrons. The molecular formula is C11H14N6O. The Labute approximate surface area is 104 Å². The molecular weight excluding hydrogens is 232 g/mol. The van der Waals surface area contributed by atoms with E-state index < -0.39 is 5.91 Å². The van der Waals surface area contributed by atoms with Crippen LogP contribution in [0.1, 0.15) is 15.9 Å². The molecule has 7 heteroatoms. The monoisotopic (exact) mass is 246 g/mol. The van der Waals surface area contributed by atoms with Gasteiger partial charge in [0.05, 0.1) is 6.54 Å². The molecule has 1 amide bonds. The number of primary amides is 1. The van der Waals surface area contributed by atoms with Crippen molar-refractivity contribution in [2.24, 2.45) is 32.4 Å². The van der Waals surface area contributed by atoms with Crippen LogP contribution in [0.4, 0.5) is 0 Å². The van der Waals surface area contributed by atoms with Crippen molar-refractivity contribution in [1.82, 2.24) is 0 Å². The highest BCUT2D eigenvalue weighted by molar-refractivity contribution is 5.99. The van der Waals surface area contributed by atoms with Gasteiger partial charge < -0.3 is 17.2 Å². The number of carbonyl (C=O) groups is 1. The molecule has 0 aliphatic heterocycles. The van der Waals surface area contributed by atoms with Gasteiger partial charge in [0.15, 0.2) is 11.7 Å². The Morgan fingerprint density at radius 3 is 2.11 bits per heavy atom. The van der Waals surface area contributed by atoms with Crippen LogP contribution in [-0.2, 0) is 0 Å². The first-order chi connectivity index (χ1) is 8.58. The molecule has 1 aromatic rings. The number of amides is 1. The number of carbonyl (C=O) groups excluding carboxylic acids is 1. The molecule has 0 saturated heterocycles. The Bertz CT molecular complexity index is 503. The zero-order valence-electron chi connectivity index (χ0n) is 9.71. The normalized spacial score (nSPS) is 12.3. The molecule has 7 nitrogen and oxygen atoms in total. The average Bonchev–Trinajstić information content (AvgIpc) is 2.39. The van der Waals surface area contributed by atoms with E-state index in [9.17, 15) is 4.79 Å². The van der Waals surface area contributed by atoms with Crippen LogP contribution in [0.2, 0.25) is 0 Å². The molecule has 0 aromatic heterocycles. The standard InChI is InChI=1S/C11H14N6O/c1-15-9(6-12)16-17-10(13)7-2-4-8(5-3-7)11(14)18/h2-5H,1,6,12H2,(H2,13,17)(H2,14,18)/b16-9-. The van der Waals surface area contributed by atoms with Crippen LogP contribution in [-0.4, -0.2) is 30.8 Å². The first-order valence-electron chi connectivity index (χ1n) is 5.05. The van der Waals surface area contributed by atoms with Gasteiger partial charge in [0.2, 0.25) is 5.91 Å². The van der Waals surface area contributed by atoms with Crippen molar-refractivity contribution in [2.45, 2.75) is 0 Å². The summed E-state index contributed by atoms with van der Waals surface area (Å²) in [7, 11) is 0. The van der Waals surface area contributed by atoms with E-state index >= 15 is 0 Å². The van der Waals surface area contributed by atoms with Gasteiger partial charge in [-0.15, -0.1) is 10.2 Å². The lowest BCUT2D eigenvalue weighted by molar-refractivity contribution is 0.100. The molecule has 0 spiro atoms. The molecule has 0 aliphatic carbocycles. The molecule has 0 atom stereocenters. The van der Waals surface area contributed by atoms with E-state index in [1.54, 1.807) is 24.3 Å². The smallest absolute Gasteiger partial charge is 0.248 e. The first kappa shape index (κ1) is 13.5. The van der Waals surface area contributed by atoms with Crippen molar-refractivity contribution in [3.05, 3.63) is 35.4 Å². The molecule has 6 N–H and O–H groups in total. The number of hydrogen-bond donors (Lipinski definition) is 3. The van der Waals surface area contributed by atoms with Gasteiger partial charge in [0.1, 0.15) is 0 Å². The molecule has 0 saturated carbocycles. The second kappa shape index (κ2) is 6.26. The summed E-state index contributed by atoms with van der Waals surface area (Å²) in [6, 6.07) is 6.36. The average molecular weight is 246 g/mol. The van der Waals surface area contributed by atoms with Crippen molar-refractivity contribution < 1.29 is 4.79 Å². The van der Waals surface area contributed by atoms with E-state index in [1.807, 2.05) is 0 Å². The summed E-state index contributed by atoms with van der Waals surface area (Å²) in [5, 5.41) is 7.49. The van der Waals surface area contributed by atoms with E-state index in [-0.39, 0.29) is 18.2 Å². The Morgan fingerprint density at radius 2 is 1.67 bits per heavy atom. The maximum atomic E-state index is 10.9. The molecule has 0 fully saturated rings. The van der Waals surface area contributed by atoms with Crippen LogP contribution in [0.5, 0.6) is 0 Å². The summed E-state index contributed by atoms with van der Waals surface area (Å²) in [5.41, 5.74) is 17.2. The topological polar surface area (TPSA) is 132 Å². The van der Waals surface area contributed by atoms with Gasteiger partial charge >= 0.3 is 0 Å². The number of rotatable bonds is 4. The van der Waals surface area contributed by atoms with Gasteiger partial charge in [-0.1, -0.05) is 12.1 Å². The number of hydrogen-bond acceptors (Lipinski definition) is 4. The quantitative estimate of drug-likeness (QED) is 0.374. The Balaban J connectivity index is 2.93. The minimum absolute atomic E-state index is 0.126. The molecule has 1 aromatic carbocycles. The second-order valence-corrected chi connectivity index (χ2v) is 3.31. The lowest BCUT2D eigenvalue weighted by Gasteiger charge is -2.00. The van der Waals surface area contributed by atoms with Gasteiger partial charge in [0.25, 0.3) is 0 Å². The fourth-order valence-electron chi connectivity index (χ4n) is 1.11. The predicted molar refractivity (Wildman–Crippen MR) is 71.7 cm³/mol. The van der Waals surface area contributed by atoms with Crippen molar-refractivity contribution in [3.8, 4) is 0 Å². The zero-order chi connectivity index (χ0) is 13.5. The molecule has 0 aliphatic rings. The highest BCUT2D eigenvalue weighted by Gasteiger charge is 2.02. The summed E-state index contributed by atoms with van der Waals surface area (Å²) < 4.78 is 0. The van der Waals surface area contributed by atoms with Crippen molar-refractivity contribution in [1.29, 1.82) is 0 Å². The van der Waals surface area contributed by atoms with Crippen LogP contribution in [0.25, 0.3) is 0 Å². The van der Waals surface area contributed by atoms with Gasteiger partial charge in [-0.3, -0.25) is 4.79 Å². The Hall–Kier alpha value is -2.54.